The lowest BCUT2D eigenvalue weighted by molar-refractivity contribution is 0.0852. The molecule has 0 rings (SSSR count). The molecule has 0 saturated carbocycles. The summed E-state index contributed by atoms with van der Waals surface area (Å²) < 4.78 is 5.49. The number of ether oxygens (including phenoxy) is 1. The second-order valence-electron chi connectivity index (χ2n) is 3.67. The quantitative estimate of drug-likeness (QED) is 0.453. The Balaban J connectivity index is 3.52. The van der Waals surface area contributed by atoms with E-state index in [1.54, 1.807) is 0 Å². The van der Waals surface area contributed by atoms with Gasteiger partial charge in [-0.15, -0.1) is 5.92 Å². The highest BCUT2D eigenvalue weighted by Crippen LogP contribution is 2.13. The van der Waals surface area contributed by atoms with Gasteiger partial charge in [-0.25, -0.2) is 0 Å². The van der Waals surface area contributed by atoms with Crippen molar-refractivity contribution >= 4 is 0 Å². The van der Waals surface area contributed by atoms with Crippen LogP contribution < -0.4 is 0 Å². The van der Waals surface area contributed by atoms with Crippen LogP contribution in [0.5, 0.6) is 0 Å². The van der Waals surface area contributed by atoms with Crippen molar-refractivity contribution in [3.05, 3.63) is 0 Å². The molecule has 0 spiro atoms. The van der Waals surface area contributed by atoms with Gasteiger partial charge in [-0.05, 0) is 27.2 Å². The van der Waals surface area contributed by atoms with E-state index in [9.17, 15) is 0 Å². The molecule has 0 heterocycles. The smallest absolute Gasteiger partial charge is 0.0626 e. The highest BCUT2D eigenvalue weighted by atomic mass is 16.5. The maximum absolute atomic E-state index is 5.49. The fraction of sp³-hybridized carbons (Fsp3) is 0.818. The molecular weight excluding hydrogens is 148 g/mol. The first-order valence-corrected chi connectivity index (χ1v) is 4.64. The Morgan fingerprint density at radius 1 is 1.33 bits per heavy atom. The van der Waals surface area contributed by atoms with E-state index in [1.807, 2.05) is 6.92 Å². The van der Waals surface area contributed by atoms with E-state index in [0.717, 1.165) is 19.6 Å². The highest BCUT2D eigenvalue weighted by molar-refractivity contribution is 5.06. The minimum atomic E-state index is 0.0164. The van der Waals surface area contributed by atoms with Gasteiger partial charge in [0.15, 0.2) is 0 Å². The molecule has 0 aliphatic rings. The average molecular weight is 168 g/mol. The molecule has 1 heteroatoms. The summed E-state index contributed by atoms with van der Waals surface area (Å²) in [5.74, 6) is 6.04. The SMILES string of the molecule is CC#CC(C)(C)COCCCC. The van der Waals surface area contributed by atoms with E-state index in [-0.39, 0.29) is 5.41 Å². The van der Waals surface area contributed by atoms with Crippen molar-refractivity contribution in [2.75, 3.05) is 13.2 Å². The van der Waals surface area contributed by atoms with Crippen LogP contribution in [0.25, 0.3) is 0 Å². The molecule has 0 aromatic carbocycles. The molecule has 0 saturated heterocycles. The first kappa shape index (κ1) is 11.5. The average Bonchev–Trinajstić information content (AvgIpc) is 1.98. The molecule has 0 aromatic heterocycles. The van der Waals surface area contributed by atoms with Gasteiger partial charge in [-0.2, -0.15) is 0 Å². The Morgan fingerprint density at radius 2 is 2.00 bits per heavy atom. The minimum Gasteiger partial charge on any atom is -0.380 e. The molecule has 0 bridgehead atoms. The maximum Gasteiger partial charge on any atom is 0.0626 e. The Morgan fingerprint density at radius 3 is 2.50 bits per heavy atom. The topological polar surface area (TPSA) is 9.23 Å². The van der Waals surface area contributed by atoms with Gasteiger partial charge in [-0.3, -0.25) is 0 Å². The van der Waals surface area contributed by atoms with E-state index in [1.165, 1.54) is 6.42 Å². The Hall–Kier alpha value is -0.480. The zero-order valence-corrected chi connectivity index (χ0v) is 8.74. The number of hydrogen-bond donors (Lipinski definition) is 0. The van der Waals surface area contributed by atoms with Crippen molar-refractivity contribution in [3.8, 4) is 11.8 Å². The van der Waals surface area contributed by atoms with E-state index < -0.39 is 0 Å². The maximum atomic E-state index is 5.49. The van der Waals surface area contributed by atoms with Crippen molar-refractivity contribution in [3.63, 3.8) is 0 Å². The standard InChI is InChI=1S/C11H20O/c1-5-7-9-12-10-11(3,4)8-6-2/h5,7,9-10H2,1-4H3. The molecule has 0 radical (unpaired) electrons. The molecule has 0 fully saturated rings. The van der Waals surface area contributed by atoms with Crippen molar-refractivity contribution in [2.24, 2.45) is 5.41 Å². The summed E-state index contributed by atoms with van der Waals surface area (Å²) in [5.41, 5.74) is 0.0164. The first-order valence-electron chi connectivity index (χ1n) is 4.64. The summed E-state index contributed by atoms with van der Waals surface area (Å²) in [6.07, 6.45) is 2.34. The van der Waals surface area contributed by atoms with Crippen LogP contribution in [0.2, 0.25) is 0 Å². The third kappa shape index (κ3) is 6.24. The van der Waals surface area contributed by atoms with Gasteiger partial charge >= 0.3 is 0 Å². The summed E-state index contributed by atoms with van der Waals surface area (Å²) in [5, 5.41) is 0. The molecule has 1 nitrogen and oxygen atoms in total. The molecule has 12 heavy (non-hydrogen) atoms. The van der Waals surface area contributed by atoms with Crippen molar-refractivity contribution in [1.29, 1.82) is 0 Å². The molecule has 0 unspecified atom stereocenters. The fourth-order valence-electron chi connectivity index (χ4n) is 0.948. The van der Waals surface area contributed by atoms with Crippen molar-refractivity contribution in [2.45, 2.75) is 40.5 Å². The fourth-order valence-corrected chi connectivity index (χ4v) is 0.948. The summed E-state index contributed by atoms with van der Waals surface area (Å²) in [4.78, 5) is 0. The van der Waals surface area contributed by atoms with Crippen LogP contribution in [-0.4, -0.2) is 13.2 Å². The van der Waals surface area contributed by atoms with Crippen LogP contribution in [0, 0.1) is 17.3 Å². The monoisotopic (exact) mass is 168 g/mol. The van der Waals surface area contributed by atoms with Crippen LogP contribution in [-0.2, 0) is 4.74 Å². The van der Waals surface area contributed by atoms with Gasteiger partial charge in [0.25, 0.3) is 0 Å². The van der Waals surface area contributed by atoms with Gasteiger partial charge in [0.2, 0.25) is 0 Å². The molecular formula is C11H20O. The lowest BCUT2D eigenvalue weighted by Crippen LogP contribution is -2.17. The Kier molecular flexibility index (Phi) is 5.84. The van der Waals surface area contributed by atoms with Crippen LogP contribution >= 0.6 is 0 Å². The van der Waals surface area contributed by atoms with E-state index in [2.05, 4.69) is 32.6 Å². The Labute approximate surface area is 76.5 Å². The van der Waals surface area contributed by atoms with Crippen LogP contribution in [0.3, 0.4) is 0 Å². The van der Waals surface area contributed by atoms with E-state index >= 15 is 0 Å². The lowest BCUT2D eigenvalue weighted by atomic mass is 9.96. The van der Waals surface area contributed by atoms with E-state index in [4.69, 9.17) is 4.74 Å². The molecule has 0 aromatic rings. The minimum absolute atomic E-state index is 0.0164. The highest BCUT2D eigenvalue weighted by Gasteiger charge is 2.13. The molecule has 0 aliphatic heterocycles. The molecule has 0 atom stereocenters. The first-order chi connectivity index (χ1) is 5.62. The van der Waals surface area contributed by atoms with Gasteiger partial charge in [0.1, 0.15) is 0 Å². The zero-order valence-electron chi connectivity index (χ0n) is 8.74. The number of unbranched alkanes of at least 4 members (excludes halogenated alkanes) is 1. The van der Waals surface area contributed by atoms with Crippen LogP contribution in [0.15, 0.2) is 0 Å². The largest absolute Gasteiger partial charge is 0.380 e. The van der Waals surface area contributed by atoms with Crippen molar-refractivity contribution in [1.82, 2.24) is 0 Å². The zero-order chi connectivity index (χ0) is 9.45. The Bertz CT molecular complexity index is 160. The normalized spacial score (nSPS) is 10.7. The number of hydrogen-bond acceptors (Lipinski definition) is 1. The van der Waals surface area contributed by atoms with Crippen LogP contribution in [0.1, 0.15) is 40.5 Å². The summed E-state index contributed by atoms with van der Waals surface area (Å²) in [7, 11) is 0. The summed E-state index contributed by atoms with van der Waals surface area (Å²) in [6, 6.07) is 0. The van der Waals surface area contributed by atoms with Gasteiger partial charge in [0, 0.05) is 12.0 Å². The van der Waals surface area contributed by atoms with Crippen molar-refractivity contribution < 1.29 is 4.74 Å². The summed E-state index contributed by atoms with van der Waals surface area (Å²) in [6.45, 7) is 9.86. The second kappa shape index (κ2) is 6.08. The molecule has 70 valence electrons. The molecule has 0 aliphatic carbocycles. The third-order valence-corrected chi connectivity index (χ3v) is 1.57. The van der Waals surface area contributed by atoms with Gasteiger partial charge in [0.05, 0.1) is 6.61 Å². The lowest BCUT2D eigenvalue weighted by Gasteiger charge is -2.17. The molecule has 0 N–H and O–H groups in total. The third-order valence-electron chi connectivity index (χ3n) is 1.57. The van der Waals surface area contributed by atoms with Crippen LogP contribution in [0.4, 0.5) is 0 Å². The second-order valence-corrected chi connectivity index (χ2v) is 3.67. The number of rotatable bonds is 5. The van der Waals surface area contributed by atoms with Gasteiger partial charge in [-0.1, -0.05) is 19.3 Å². The summed E-state index contributed by atoms with van der Waals surface area (Å²) >= 11 is 0. The predicted octanol–water partition coefficient (Wildman–Crippen LogP) is 2.85. The van der Waals surface area contributed by atoms with Gasteiger partial charge < -0.3 is 4.74 Å². The van der Waals surface area contributed by atoms with E-state index in [0.29, 0.717) is 0 Å². The predicted molar refractivity (Wildman–Crippen MR) is 53.0 cm³/mol. The molecule has 0 amide bonds.